The number of halogens is 3. The van der Waals surface area contributed by atoms with Gasteiger partial charge in [-0.3, -0.25) is 23.9 Å². The van der Waals surface area contributed by atoms with Gasteiger partial charge in [0, 0.05) is 13.0 Å². The van der Waals surface area contributed by atoms with E-state index in [9.17, 15) is 32.3 Å². The van der Waals surface area contributed by atoms with E-state index in [4.69, 9.17) is 0 Å². The Morgan fingerprint density at radius 3 is 2.57 bits per heavy atom. The third-order valence-electron chi connectivity index (χ3n) is 4.77. The number of amides is 2. The summed E-state index contributed by atoms with van der Waals surface area (Å²) < 4.78 is 41.6. The van der Waals surface area contributed by atoms with E-state index in [1.807, 2.05) is 13.8 Å². The van der Waals surface area contributed by atoms with Crippen LogP contribution >= 0.6 is 0 Å². The van der Waals surface area contributed by atoms with Gasteiger partial charge in [-0.15, -0.1) is 0 Å². The van der Waals surface area contributed by atoms with Crippen LogP contribution in [0.3, 0.4) is 0 Å². The number of hydrogen-bond donors (Lipinski definition) is 3. The van der Waals surface area contributed by atoms with Crippen molar-refractivity contribution in [1.29, 1.82) is 0 Å². The number of aromatic amines is 1. The van der Waals surface area contributed by atoms with Crippen LogP contribution in [0.1, 0.15) is 38.2 Å². The number of rotatable bonds is 5. The standard InChI is InChI=1S/C19H19F3N4O4/c1-8(2)5-6-26-16-13(18(29)25-19(26)30)9(7-12(27)24-16)17(28)23-11-4-3-10(20)14(21)15(11)22/h3-4,8-9H,5-7H2,1-2H3,(H,23,28)(H,24,27)(H,25,29,30)/t9-/m1/s1. The van der Waals surface area contributed by atoms with Crippen LogP contribution in [0, 0.1) is 23.4 Å². The molecule has 8 nitrogen and oxygen atoms in total. The highest BCUT2D eigenvalue weighted by atomic mass is 19.2. The Bertz CT molecular complexity index is 1140. The Morgan fingerprint density at radius 1 is 1.20 bits per heavy atom. The van der Waals surface area contributed by atoms with Crippen molar-refractivity contribution in [3.05, 3.63) is 56.0 Å². The lowest BCUT2D eigenvalue weighted by molar-refractivity contribution is -0.123. The first-order valence-corrected chi connectivity index (χ1v) is 9.21. The average molecular weight is 424 g/mol. The molecule has 1 aliphatic rings. The minimum Gasteiger partial charge on any atom is -0.323 e. The van der Waals surface area contributed by atoms with Crippen molar-refractivity contribution in [2.24, 2.45) is 5.92 Å². The van der Waals surface area contributed by atoms with Crippen molar-refractivity contribution >= 4 is 23.3 Å². The number of fused-ring (bicyclic) bond motifs is 1. The molecule has 2 heterocycles. The molecular weight excluding hydrogens is 405 g/mol. The number of nitrogens with zero attached hydrogens (tertiary/aromatic N) is 1. The minimum atomic E-state index is -1.77. The maximum Gasteiger partial charge on any atom is 0.329 e. The highest BCUT2D eigenvalue weighted by molar-refractivity contribution is 6.04. The van der Waals surface area contributed by atoms with E-state index in [-0.39, 0.29) is 23.8 Å². The Kier molecular flexibility index (Phi) is 5.81. The molecule has 0 radical (unpaired) electrons. The van der Waals surface area contributed by atoms with Gasteiger partial charge in [0.15, 0.2) is 17.5 Å². The highest BCUT2D eigenvalue weighted by Gasteiger charge is 2.36. The van der Waals surface area contributed by atoms with Crippen molar-refractivity contribution < 1.29 is 22.8 Å². The van der Waals surface area contributed by atoms with Gasteiger partial charge in [-0.05, 0) is 24.5 Å². The zero-order valence-corrected chi connectivity index (χ0v) is 16.1. The van der Waals surface area contributed by atoms with Gasteiger partial charge in [0.2, 0.25) is 11.8 Å². The van der Waals surface area contributed by atoms with E-state index in [1.165, 1.54) is 0 Å². The van der Waals surface area contributed by atoms with Crippen molar-refractivity contribution in [2.75, 3.05) is 10.6 Å². The molecule has 160 valence electrons. The normalized spacial score (nSPS) is 15.7. The largest absolute Gasteiger partial charge is 0.329 e. The van der Waals surface area contributed by atoms with E-state index >= 15 is 0 Å². The molecule has 0 fully saturated rings. The van der Waals surface area contributed by atoms with Crippen LogP contribution < -0.4 is 21.9 Å². The number of H-pyrrole nitrogens is 1. The number of carbonyl (C=O) groups excluding carboxylic acids is 2. The first-order valence-electron chi connectivity index (χ1n) is 9.21. The molecule has 1 aromatic carbocycles. The molecule has 1 atom stereocenters. The fourth-order valence-electron chi connectivity index (χ4n) is 3.18. The lowest BCUT2D eigenvalue weighted by Gasteiger charge is -2.26. The summed E-state index contributed by atoms with van der Waals surface area (Å²) in [6.07, 6.45) is 0.112. The van der Waals surface area contributed by atoms with Crippen molar-refractivity contribution in [2.45, 2.75) is 39.2 Å². The molecule has 0 saturated heterocycles. The molecule has 0 spiro atoms. The topological polar surface area (TPSA) is 113 Å². The van der Waals surface area contributed by atoms with Crippen LogP contribution in [0.4, 0.5) is 24.7 Å². The number of benzene rings is 1. The molecule has 0 saturated carbocycles. The average Bonchev–Trinajstić information content (AvgIpc) is 2.67. The summed E-state index contributed by atoms with van der Waals surface area (Å²) in [5.41, 5.74) is -2.43. The van der Waals surface area contributed by atoms with Crippen LogP contribution in [-0.2, 0) is 16.1 Å². The molecular formula is C19H19F3N4O4. The Labute approximate surface area is 168 Å². The summed E-state index contributed by atoms with van der Waals surface area (Å²) in [6.45, 7) is 4.03. The van der Waals surface area contributed by atoms with Gasteiger partial charge in [0.05, 0.1) is 17.2 Å². The predicted octanol–water partition coefficient (Wildman–Crippen LogP) is 2.06. The van der Waals surface area contributed by atoms with Gasteiger partial charge in [-0.1, -0.05) is 13.8 Å². The van der Waals surface area contributed by atoms with E-state index in [1.54, 1.807) is 0 Å². The highest BCUT2D eigenvalue weighted by Crippen LogP contribution is 2.30. The molecule has 0 unspecified atom stereocenters. The Hall–Kier alpha value is -3.37. The van der Waals surface area contributed by atoms with E-state index in [0.29, 0.717) is 12.5 Å². The monoisotopic (exact) mass is 424 g/mol. The summed E-state index contributed by atoms with van der Waals surface area (Å²) in [5.74, 6) is -7.67. The van der Waals surface area contributed by atoms with Crippen LogP contribution in [0.5, 0.6) is 0 Å². The number of aromatic nitrogens is 2. The maximum atomic E-state index is 13.9. The zero-order chi connectivity index (χ0) is 22.2. The fourth-order valence-corrected chi connectivity index (χ4v) is 3.18. The van der Waals surface area contributed by atoms with Crippen LogP contribution in [-0.4, -0.2) is 21.4 Å². The number of hydrogen-bond acceptors (Lipinski definition) is 4. The number of anilines is 2. The summed E-state index contributed by atoms with van der Waals surface area (Å²) in [4.78, 5) is 51.7. The van der Waals surface area contributed by atoms with Gasteiger partial charge in [0.1, 0.15) is 5.82 Å². The van der Waals surface area contributed by atoms with E-state index in [2.05, 4.69) is 15.6 Å². The second-order valence-corrected chi connectivity index (χ2v) is 7.37. The van der Waals surface area contributed by atoms with E-state index < -0.39 is 58.5 Å². The molecule has 11 heteroatoms. The zero-order valence-electron chi connectivity index (χ0n) is 16.1. The van der Waals surface area contributed by atoms with Crippen LogP contribution in [0.2, 0.25) is 0 Å². The number of carbonyl (C=O) groups is 2. The first kappa shape index (κ1) is 21.3. The molecule has 1 aliphatic heterocycles. The predicted molar refractivity (Wildman–Crippen MR) is 102 cm³/mol. The molecule has 3 N–H and O–H groups in total. The third-order valence-corrected chi connectivity index (χ3v) is 4.77. The Balaban J connectivity index is 2.03. The third kappa shape index (κ3) is 4.00. The van der Waals surface area contributed by atoms with E-state index in [0.717, 1.165) is 10.6 Å². The van der Waals surface area contributed by atoms with Gasteiger partial charge in [-0.25, -0.2) is 18.0 Å². The fraction of sp³-hybridized carbons (Fsp3) is 0.368. The van der Waals surface area contributed by atoms with Gasteiger partial charge < -0.3 is 10.6 Å². The summed E-state index contributed by atoms with van der Waals surface area (Å²) >= 11 is 0. The van der Waals surface area contributed by atoms with Crippen molar-refractivity contribution in [3.8, 4) is 0 Å². The smallest absolute Gasteiger partial charge is 0.323 e. The van der Waals surface area contributed by atoms with Crippen molar-refractivity contribution in [3.63, 3.8) is 0 Å². The second kappa shape index (κ2) is 8.17. The summed E-state index contributed by atoms with van der Waals surface area (Å²) in [7, 11) is 0. The lowest BCUT2D eigenvalue weighted by Crippen LogP contribution is -2.42. The SMILES string of the molecule is CC(C)CCn1c2c(c(=O)[nH]c1=O)[C@H](C(=O)Nc1ccc(F)c(F)c1F)CC(=O)N2. The first-order chi connectivity index (χ1) is 14.1. The molecule has 3 rings (SSSR count). The van der Waals surface area contributed by atoms with Gasteiger partial charge in [0.25, 0.3) is 5.56 Å². The molecule has 30 heavy (non-hydrogen) atoms. The van der Waals surface area contributed by atoms with Gasteiger partial charge >= 0.3 is 5.69 Å². The Morgan fingerprint density at radius 2 is 1.90 bits per heavy atom. The quantitative estimate of drug-likeness (QED) is 0.638. The molecule has 1 aromatic heterocycles. The molecule has 0 aliphatic carbocycles. The van der Waals surface area contributed by atoms with Crippen LogP contribution in [0.15, 0.2) is 21.7 Å². The van der Waals surface area contributed by atoms with Crippen molar-refractivity contribution in [1.82, 2.24) is 9.55 Å². The molecule has 2 amide bonds. The van der Waals surface area contributed by atoms with Gasteiger partial charge in [-0.2, -0.15) is 0 Å². The van der Waals surface area contributed by atoms with Crippen LogP contribution in [0.25, 0.3) is 0 Å². The molecule has 0 bridgehead atoms. The lowest BCUT2D eigenvalue weighted by atomic mass is 9.92. The summed E-state index contributed by atoms with van der Waals surface area (Å²) in [6, 6.07) is 1.45. The summed E-state index contributed by atoms with van der Waals surface area (Å²) in [5, 5.41) is 4.53. The number of nitrogens with one attached hydrogen (secondary N) is 3. The maximum absolute atomic E-state index is 13.9. The second-order valence-electron chi connectivity index (χ2n) is 7.37. The molecule has 2 aromatic rings. The minimum absolute atomic E-state index is 0.105.